The van der Waals surface area contributed by atoms with Gasteiger partial charge in [-0.3, -0.25) is 9.59 Å². The van der Waals surface area contributed by atoms with Crippen LogP contribution in [0.25, 0.3) is 0 Å². The number of piperazine rings is 1. The van der Waals surface area contributed by atoms with E-state index in [4.69, 9.17) is 16.3 Å². The lowest BCUT2D eigenvalue weighted by Gasteiger charge is -2.33. The van der Waals surface area contributed by atoms with Gasteiger partial charge in [-0.05, 0) is 30.7 Å². The number of aromatic nitrogens is 1. The predicted octanol–water partition coefficient (Wildman–Crippen LogP) is 2.58. The van der Waals surface area contributed by atoms with E-state index >= 15 is 0 Å². The molecule has 1 aromatic carbocycles. The minimum atomic E-state index is -0.278. The largest absolute Gasteiger partial charge is 0.495 e. The van der Waals surface area contributed by atoms with Gasteiger partial charge < -0.3 is 19.9 Å². The van der Waals surface area contributed by atoms with Crippen LogP contribution < -0.4 is 15.0 Å². The van der Waals surface area contributed by atoms with Crippen molar-refractivity contribution in [3.8, 4) is 5.75 Å². The monoisotopic (exact) mass is 388 g/mol. The van der Waals surface area contributed by atoms with E-state index < -0.39 is 0 Å². The molecular weight excluding hydrogens is 368 g/mol. The molecule has 0 unspecified atom stereocenters. The highest BCUT2D eigenvalue weighted by Crippen LogP contribution is 2.31. The fourth-order valence-electron chi connectivity index (χ4n) is 2.89. The average Bonchev–Trinajstić information content (AvgIpc) is 2.70. The first-order valence-corrected chi connectivity index (χ1v) is 8.95. The maximum absolute atomic E-state index is 12.5. The summed E-state index contributed by atoms with van der Waals surface area (Å²) in [5, 5.41) is 3.41. The van der Waals surface area contributed by atoms with Gasteiger partial charge >= 0.3 is 0 Å². The van der Waals surface area contributed by atoms with E-state index in [2.05, 4.69) is 15.2 Å². The van der Waals surface area contributed by atoms with Gasteiger partial charge in [0.05, 0.1) is 18.4 Å². The summed E-state index contributed by atoms with van der Waals surface area (Å²) in [7, 11) is 1.53. The molecule has 1 N–H and O–H groups in total. The van der Waals surface area contributed by atoms with Crippen LogP contribution in [0.5, 0.6) is 5.75 Å². The molecule has 1 aliphatic rings. The van der Waals surface area contributed by atoms with E-state index in [1.807, 2.05) is 13.0 Å². The molecule has 0 spiro atoms. The Morgan fingerprint density at radius 3 is 2.59 bits per heavy atom. The van der Waals surface area contributed by atoms with Gasteiger partial charge in [0.1, 0.15) is 11.6 Å². The van der Waals surface area contributed by atoms with Crippen LogP contribution in [0.2, 0.25) is 5.02 Å². The van der Waals surface area contributed by atoms with Crippen molar-refractivity contribution < 1.29 is 14.3 Å². The second kappa shape index (κ2) is 8.26. The molecule has 3 rings (SSSR count). The molecule has 0 atom stereocenters. The average molecular weight is 389 g/mol. The second-order valence-corrected chi connectivity index (χ2v) is 6.70. The molecule has 0 bridgehead atoms. The van der Waals surface area contributed by atoms with Crippen LogP contribution in [0.4, 0.5) is 11.5 Å². The highest BCUT2D eigenvalue weighted by atomic mass is 35.5. The number of halogens is 1. The van der Waals surface area contributed by atoms with Crippen molar-refractivity contribution in [1.82, 2.24) is 9.88 Å². The molecule has 2 aromatic rings. The molecule has 2 heterocycles. The molecular formula is C19H21ClN4O3. The molecule has 1 aliphatic heterocycles. The molecule has 1 aromatic heterocycles. The first kappa shape index (κ1) is 19.0. The van der Waals surface area contributed by atoms with Crippen molar-refractivity contribution in [1.29, 1.82) is 0 Å². The van der Waals surface area contributed by atoms with Crippen LogP contribution >= 0.6 is 11.6 Å². The lowest BCUT2D eigenvalue weighted by atomic mass is 10.2. The second-order valence-electron chi connectivity index (χ2n) is 6.29. The van der Waals surface area contributed by atoms with Gasteiger partial charge in [0.2, 0.25) is 6.41 Å². The molecule has 7 nitrogen and oxygen atoms in total. The zero-order valence-electron chi connectivity index (χ0n) is 15.2. The fourth-order valence-corrected chi connectivity index (χ4v) is 3.04. The number of benzene rings is 1. The van der Waals surface area contributed by atoms with Gasteiger partial charge in [-0.1, -0.05) is 11.6 Å². The van der Waals surface area contributed by atoms with Crippen molar-refractivity contribution in [3.63, 3.8) is 0 Å². The van der Waals surface area contributed by atoms with E-state index in [-0.39, 0.29) is 5.91 Å². The number of aryl methyl sites for hydroxylation is 1. The summed E-state index contributed by atoms with van der Waals surface area (Å²) in [4.78, 5) is 31.6. The zero-order valence-corrected chi connectivity index (χ0v) is 16.0. The van der Waals surface area contributed by atoms with Crippen LogP contribution in [0.1, 0.15) is 15.9 Å². The number of nitrogens with zero attached hydrogens (tertiary/aromatic N) is 3. The maximum atomic E-state index is 12.5. The van der Waals surface area contributed by atoms with E-state index in [9.17, 15) is 9.59 Å². The van der Waals surface area contributed by atoms with E-state index in [1.54, 1.807) is 29.3 Å². The highest BCUT2D eigenvalue weighted by Gasteiger charge is 2.17. The number of hydrogen-bond acceptors (Lipinski definition) is 5. The number of rotatable bonds is 5. The number of ether oxygens (including phenoxy) is 1. The van der Waals surface area contributed by atoms with E-state index in [1.165, 1.54) is 7.11 Å². The quantitative estimate of drug-likeness (QED) is 0.797. The Morgan fingerprint density at radius 2 is 2.00 bits per heavy atom. The number of pyridine rings is 1. The van der Waals surface area contributed by atoms with Crippen molar-refractivity contribution in [2.45, 2.75) is 6.92 Å². The highest BCUT2D eigenvalue weighted by molar-refractivity contribution is 6.31. The van der Waals surface area contributed by atoms with Gasteiger partial charge in [0.15, 0.2) is 0 Å². The fraction of sp³-hybridized carbons (Fsp3) is 0.316. The van der Waals surface area contributed by atoms with Gasteiger partial charge in [-0.25, -0.2) is 4.98 Å². The molecule has 1 fully saturated rings. The van der Waals surface area contributed by atoms with E-state index in [0.29, 0.717) is 35.1 Å². The Bertz CT molecular complexity index is 834. The molecule has 0 saturated carbocycles. The van der Waals surface area contributed by atoms with Crippen molar-refractivity contribution in [3.05, 3.63) is 46.6 Å². The third-order valence-electron chi connectivity index (χ3n) is 4.53. The van der Waals surface area contributed by atoms with Crippen LogP contribution in [0, 0.1) is 6.92 Å². The van der Waals surface area contributed by atoms with Crippen molar-refractivity contribution in [2.75, 3.05) is 43.5 Å². The SMILES string of the molecule is COc1cc(Cl)c(C)cc1NC(=O)c1ccc(N2CCN(C=O)CC2)nc1. The Labute approximate surface area is 162 Å². The zero-order chi connectivity index (χ0) is 19.4. The molecule has 27 heavy (non-hydrogen) atoms. The van der Waals surface area contributed by atoms with Gasteiger partial charge in [0.25, 0.3) is 5.91 Å². The number of methoxy groups -OCH3 is 1. The Kier molecular flexibility index (Phi) is 5.81. The molecule has 8 heteroatoms. The smallest absolute Gasteiger partial charge is 0.257 e. The lowest BCUT2D eigenvalue weighted by Crippen LogP contribution is -2.46. The minimum absolute atomic E-state index is 0.278. The van der Waals surface area contributed by atoms with Gasteiger partial charge in [0, 0.05) is 43.5 Å². The van der Waals surface area contributed by atoms with Crippen molar-refractivity contribution in [2.24, 2.45) is 0 Å². The minimum Gasteiger partial charge on any atom is -0.495 e. The lowest BCUT2D eigenvalue weighted by molar-refractivity contribution is -0.118. The first-order valence-electron chi connectivity index (χ1n) is 8.57. The van der Waals surface area contributed by atoms with Crippen molar-refractivity contribution >= 4 is 35.4 Å². The topological polar surface area (TPSA) is 74.8 Å². The third-order valence-corrected chi connectivity index (χ3v) is 4.93. The first-order chi connectivity index (χ1) is 13.0. The van der Waals surface area contributed by atoms with Crippen LogP contribution in [-0.4, -0.2) is 55.5 Å². The number of amides is 2. The number of carbonyl (C=O) groups excluding carboxylic acids is 2. The summed E-state index contributed by atoms with van der Waals surface area (Å²) in [5.74, 6) is 1.01. The number of hydrogen-bond donors (Lipinski definition) is 1. The van der Waals surface area contributed by atoms with E-state index in [0.717, 1.165) is 30.9 Å². The molecule has 2 amide bonds. The summed E-state index contributed by atoms with van der Waals surface area (Å²) in [6.45, 7) is 4.64. The molecule has 142 valence electrons. The Morgan fingerprint density at radius 1 is 1.26 bits per heavy atom. The summed E-state index contributed by atoms with van der Waals surface area (Å²) >= 11 is 6.10. The summed E-state index contributed by atoms with van der Waals surface area (Å²) in [5.41, 5.74) is 1.84. The Hall–Kier alpha value is -2.80. The molecule has 0 aliphatic carbocycles. The summed E-state index contributed by atoms with van der Waals surface area (Å²) in [6, 6.07) is 7.00. The third kappa shape index (κ3) is 4.31. The van der Waals surface area contributed by atoms with Gasteiger partial charge in [-0.15, -0.1) is 0 Å². The number of nitrogens with one attached hydrogen (secondary N) is 1. The van der Waals surface area contributed by atoms with Crippen LogP contribution in [0.15, 0.2) is 30.5 Å². The Balaban J connectivity index is 1.70. The number of anilines is 2. The molecule has 1 saturated heterocycles. The normalized spacial score (nSPS) is 14.0. The summed E-state index contributed by atoms with van der Waals surface area (Å²) < 4.78 is 5.28. The predicted molar refractivity (Wildman–Crippen MR) is 105 cm³/mol. The summed E-state index contributed by atoms with van der Waals surface area (Å²) in [6.07, 6.45) is 2.41. The van der Waals surface area contributed by atoms with Crippen LogP contribution in [0.3, 0.4) is 0 Å². The standard InChI is InChI=1S/C19H21ClN4O3/c1-13-9-16(17(27-2)10-15(13)20)22-19(26)14-3-4-18(21-11-14)24-7-5-23(12-25)6-8-24/h3-4,9-12H,5-8H2,1-2H3,(H,22,26). The van der Waals surface area contributed by atoms with Crippen LogP contribution in [-0.2, 0) is 4.79 Å². The van der Waals surface area contributed by atoms with Gasteiger partial charge in [-0.2, -0.15) is 0 Å². The molecule has 0 radical (unpaired) electrons. The number of carbonyl (C=O) groups is 2. The maximum Gasteiger partial charge on any atom is 0.257 e.